The number of hydrogen-bond acceptors (Lipinski definition) is 8. The fourth-order valence-corrected chi connectivity index (χ4v) is 4.21. The van der Waals surface area contributed by atoms with Crippen molar-refractivity contribution in [3.05, 3.63) is 71.8 Å². The number of pyridine rings is 1. The number of aryl methyl sites for hydroxylation is 2. The largest absolute Gasteiger partial charge is 0.452 e. The molecule has 0 radical (unpaired) electrons. The summed E-state index contributed by atoms with van der Waals surface area (Å²) in [6, 6.07) is 8.71. The molecule has 0 saturated carbocycles. The first-order valence-electron chi connectivity index (χ1n) is 11.9. The topological polar surface area (TPSA) is 109 Å². The van der Waals surface area contributed by atoms with E-state index in [-0.39, 0.29) is 11.6 Å². The minimum Gasteiger partial charge on any atom is -0.436 e. The van der Waals surface area contributed by atoms with Gasteiger partial charge in [0.1, 0.15) is 0 Å². The summed E-state index contributed by atoms with van der Waals surface area (Å²) < 4.78 is 44.3. The predicted molar refractivity (Wildman–Crippen MR) is 135 cm³/mol. The number of amides is 1. The van der Waals surface area contributed by atoms with E-state index in [1.807, 2.05) is 19.2 Å². The van der Waals surface area contributed by atoms with Crippen LogP contribution in [0.2, 0.25) is 0 Å². The molecule has 4 heterocycles. The van der Waals surface area contributed by atoms with E-state index in [0.717, 1.165) is 42.7 Å². The minimum atomic E-state index is -4.85. The minimum absolute atomic E-state index is 0.257. The molecule has 2 N–H and O–H groups in total. The van der Waals surface area contributed by atoms with Crippen molar-refractivity contribution in [1.29, 1.82) is 0 Å². The zero-order valence-corrected chi connectivity index (χ0v) is 20.6. The van der Waals surface area contributed by atoms with Gasteiger partial charge in [-0.15, -0.1) is 0 Å². The maximum absolute atomic E-state index is 13.2. The Labute approximate surface area is 216 Å². The molecule has 0 spiro atoms. The predicted octanol–water partition coefficient (Wildman–Crippen LogP) is 5.76. The number of aromatic nitrogens is 4. The highest BCUT2D eigenvalue weighted by Gasteiger charge is 2.41. The third kappa shape index (κ3) is 5.43. The molecule has 196 valence electrons. The summed E-state index contributed by atoms with van der Waals surface area (Å²) in [6.45, 7) is 5.08. The molecule has 0 bridgehead atoms. The molecule has 3 aromatic heterocycles. The first kappa shape index (κ1) is 25.2. The lowest BCUT2D eigenvalue weighted by atomic mass is 10.1. The van der Waals surface area contributed by atoms with Gasteiger partial charge < -0.3 is 20.0 Å². The van der Waals surface area contributed by atoms with Crippen LogP contribution in [-0.4, -0.2) is 38.9 Å². The highest BCUT2D eigenvalue weighted by atomic mass is 19.4. The summed E-state index contributed by atoms with van der Waals surface area (Å²) in [4.78, 5) is 31.8. The second kappa shape index (κ2) is 10.1. The fraction of sp³-hybridized carbons (Fsp3) is 0.269. The Kier molecular flexibility index (Phi) is 6.70. The number of halogens is 3. The number of carbonyl (C=O) groups is 1. The molecule has 1 fully saturated rings. The first-order valence-corrected chi connectivity index (χ1v) is 11.9. The molecule has 0 atom stereocenters. The molecule has 5 rings (SSSR count). The quantitative estimate of drug-likeness (QED) is 0.328. The Morgan fingerprint density at radius 3 is 2.61 bits per heavy atom. The van der Waals surface area contributed by atoms with Crippen LogP contribution in [0, 0.1) is 13.8 Å². The number of alkyl halides is 3. The smallest absolute Gasteiger partial charge is 0.436 e. The maximum atomic E-state index is 13.2. The monoisotopic (exact) mass is 523 g/mol. The zero-order chi connectivity index (χ0) is 26.9. The number of anilines is 4. The molecule has 1 aliphatic rings. The molecule has 1 saturated heterocycles. The molecule has 1 aliphatic heterocycles. The van der Waals surface area contributed by atoms with Crippen LogP contribution in [-0.2, 0) is 6.18 Å². The molecule has 9 nitrogen and oxygen atoms in total. The third-order valence-electron chi connectivity index (χ3n) is 6.09. The van der Waals surface area contributed by atoms with Crippen molar-refractivity contribution in [3.8, 4) is 11.3 Å². The maximum Gasteiger partial charge on any atom is 0.452 e. The first-order chi connectivity index (χ1) is 18.2. The average Bonchev–Trinajstić information content (AvgIpc) is 3.57. The van der Waals surface area contributed by atoms with E-state index in [1.54, 1.807) is 36.7 Å². The van der Waals surface area contributed by atoms with Crippen molar-refractivity contribution in [2.45, 2.75) is 32.9 Å². The molecule has 4 aromatic rings. The Morgan fingerprint density at radius 1 is 1.05 bits per heavy atom. The molecular formula is C26H24F3N7O2. The number of benzene rings is 1. The van der Waals surface area contributed by atoms with Gasteiger partial charge in [-0.25, -0.2) is 15.0 Å². The number of hydrogen-bond donors (Lipinski definition) is 2. The summed E-state index contributed by atoms with van der Waals surface area (Å²) in [7, 11) is 0. The Hall–Kier alpha value is -4.48. The van der Waals surface area contributed by atoms with Crippen LogP contribution >= 0.6 is 0 Å². The van der Waals surface area contributed by atoms with Crippen molar-refractivity contribution in [1.82, 2.24) is 19.9 Å². The SMILES string of the molecule is Cc1nc(C(=O)Nc2ccc(C)c(Nc3nccc(-c4cncc(N5CCCC5)c4)n3)c2)c(C(F)(F)F)o1. The van der Waals surface area contributed by atoms with Gasteiger partial charge in [-0.2, -0.15) is 13.2 Å². The summed E-state index contributed by atoms with van der Waals surface area (Å²) >= 11 is 0. The van der Waals surface area contributed by atoms with Gasteiger partial charge in [-0.3, -0.25) is 9.78 Å². The standard InChI is InChI=1S/C26H24F3N7O2/c1-15-5-6-18(33-24(37)22-23(26(27,28)29)38-16(2)32-22)12-21(15)35-25-31-8-7-20(34-25)17-11-19(14-30-13-17)36-9-3-4-10-36/h5-8,11-14H,3-4,9-10H2,1-2H3,(H,33,37)(H,31,34,35). The number of nitrogens with zero attached hydrogens (tertiary/aromatic N) is 5. The highest BCUT2D eigenvalue weighted by molar-refractivity contribution is 6.04. The Bertz CT molecular complexity index is 1480. The molecule has 12 heteroatoms. The van der Waals surface area contributed by atoms with Crippen molar-refractivity contribution in [2.24, 2.45) is 0 Å². The number of carbonyl (C=O) groups excluding carboxylic acids is 1. The van der Waals surface area contributed by atoms with Gasteiger partial charge in [-0.05, 0) is 49.6 Å². The molecule has 0 aliphatic carbocycles. The molecule has 1 aromatic carbocycles. The third-order valence-corrected chi connectivity index (χ3v) is 6.09. The van der Waals surface area contributed by atoms with E-state index in [1.165, 1.54) is 6.92 Å². The lowest BCUT2D eigenvalue weighted by Crippen LogP contribution is -2.18. The summed E-state index contributed by atoms with van der Waals surface area (Å²) in [5, 5.41) is 5.58. The van der Waals surface area contributed by atoms with Crippen molar-refractivity contribution >= 4 is 28.9 Å². The van der Waals surface area contributed by atoms with Gasteiger partial charge in [0.2, 0.25) is 11.7 Å². The Balaban J connectivity index is 1.35. The van der Waals surface area contributed by atoms with E-state index >= 15 is 0 Å². The summed E-state index contributed by atoms with van der Waals surface area (Å²) in [5.74, 6) is -2.42. The van der Waals surface area contributed by atoms with Crippen LogP contribution in [0.1, 0.15) is 40.5 Å². The highest BCUT2D eigenvalue weighted by Crippen LogP contribution is 2.33. The van der Waals surface area contributed by atoms with E-state index in [9.17, 15) is 18.0 Å². The van der Waals surface area contributed by atoms with E-state index < -0.39 is 23.5 Å². The van der Waals surface area contributed by atoms with Crippen LogP contribution in [0.3, 0.4) is 0 Å². The Morgan fingerprint density at radius 2 is 1.84 bits per heavy atom. The van der Waals surface area contributed by atoms with Crippen molar-refractivity contribution in [2.75, 3.05) is 28.6 Å². The van der Waals surface area contributed by atoms with E-state index in [4.69, 9.17) is 0 Å². The van der Waals surface area contributed by atoms with Gasteiger partial charge >= 0.3 is 6.18 Å². The van der Waals surface area contributed by atoms with Crippen molar-refractivity contribution in [3.63, 3.8) is 0 Å². The average molecular weight is 524 g/mol. The summed E-state index contributed by atoms with van der Waals surface area (Å²) in [5.41, 5.74) is 3.38. The summed E-state index contributed by atoms with van der Waals surface area (Å²) in [6.07, 6.45) is 2.68. The number of rotatable bonds is 6. The van der Waals surface area contributed by atoms with Gasteiger partial charge in [0.25, 0.3) is 5.91 Å². The normalized spacial score (nSPS) is 13.6. The number of oxazole rings is 1. The lowest BCUT2D eigenvalue weighted by molar-refractivity contribution is -0.153. The van der Waals surface area contributed by atoms with Crippen molar-refractivity contribution < 1.29 is 22.4 Å². The lowest BCUT2D eigenvalue weighted by Gasteiger charge is -2.17. The van der Waals surface area contributed by atoms with E-state index in [2.05, 4.69) is 39.9 Å². The van der Waals surface area contributed by atoms with Crippen LogP contribution in [0.25, 0.3) is 11.3 Å². The van der Waals surface area contributed by atoms with Gasteiger partial charge in [0.15, 0.2) is 11.6 Å². The zero-order valence-electron chi connectivity index (χ0n) is 20.6. The van der Waals surface area contributed by atoms with Gasteiger partial charge in [-0.1, -0.05) is 6.07 Å². The molecule has 0 unspecified atom stereocenters. The van der Waals surface area contributed by atoms with Gasteiger partial charge in [0, 0.05) is 49.3 Å². The second-order valence-corrected chi connectivity index (χ2v) is 8.91. The van der Waals surface area contributed by atoms with E-state index in [0.29, 0.717) is 17.3 Å². The second-order valence-electron chi connectivity index (χ2n) is 8.91. The molecular weight excluding hydrogens is 499 g/mol. The van der Waals surface area contributed by atoms with Gasteiger partial charge in [0.05, 0.1) is 17.6 Å². The number of nitrogens with one attached hydrogen (secondary N) is 2. The molecule has 1 amide bonds. The van der Waals surface area contributed by atoms with Crippen LogP contribution < -0.4 is 15.5 Å². The van der Waals surface area contributed by atoms with Crippen LogP contribution in [0.15, 0.2) is 53.3 Å². The molecule has 38 heavy (non-hydrogen) atoms. The fourth-order valence-electron chi connectivity index (χ4n) is 4.21. The van der Waals surface area contributed by atoms with Crippen LogP contribution in [0.4, 0.5) is 36.2 Å². The van der Waals surface area contributed by atoms with Crippen LogP contribution in [0.5, 0.6) is 0 Å².